The minimum absolute atomic E-state index is 0.141. The number of para-hydroxylation sites is 1. The average Bonchev–Trinajstić information content (AvgIpc) is 3.43. The fraction of sp³-hybridized carbons (Fsp3) is 0.0638. The van der Waals surface area contributed by atoms with E-state index in [0.29, 0.717) is 17.3 Å². The van der Waals surface area contributed by atoms with Crippen molar-refractivity contribution < 1.29 is 9.47 Å². The molecule has 0 saturated carbocycles. The van der Waals surface area contributed by atoms with E-state index in [4.69, 9.17) is 19.4 Å². The van der Waals surface area contributed by atoms with Crippen molar-refractivity contribution in [2.45, 2.75) is 19.3 Å². The summed E-state index contributed by atoms with van der Waals surface area (Å²) in [4.78, 5) is 10.3. The molecule has 1 aliphatic carbocycles. The van der Waals surface area contributed by atoms with E-state index in [1.807, 2.05) is 36.4 Å². The highest BCUT2D eigenvalue weighted by Crippen LogP contribution is 2.59. The van der Waals surface area contributed by atoms with Crippen LogP contribution in [0.5, 0.6) is 23.0 Å². The molecule has 0 radical (unpaired) electrons. The van der Waals surface area contributed by atoms with E-state index < -0.39 is 0 Å². The van der Waals surface area contributed by atoms with Crippen molar-refractivity contribution in [1.29, 1.82) is 0 Å². The van der Waals surface area contributed by atoms with Gasteiger partial charge in [0, 0.05) is 33.2 Å². The Balaban J connectivity index is 1.10. The first-order valence-electron chi connectivity index (χ1n) is 17.3. The second-order valence-corrected chi connectivity index (χ2v) is 13.8. The van der Waals surface area contributed by atoms with Crippen molar-refractivity contribution in [2.75, 3.05) is 0 Å². The Bertz CT molecular complexity index is 2670. The van der Waals surface area contributed by atoms with Gasteiger partial charge in [0.25, 0.3) is 0 Å². The van der Waals surface area contributed by atoms with Gasteiger partial charge in [-0.3, -0.25) is 0 Å². The summed E-state index contributed by atoms with van der Waals surface area (Å²) < 4.78 is 13.5. The van der Waals surface area contributed by atoms with Crippen LogP contribution in [-0.2, 0) is 5.41 Å². The van der Waals surface area contributed by atoms with Crippen LogP contribution in [0.2, 0.25) is 0 Å². The van der Waals surface area contributed by atoms with E-state index in [1.54, 1.807) is 0 Å². The first kappa shape index (κ1) is 29.4. The van der Waals surface area contributed by atoms with Gasteiger partial charge in [0.1, 0.15) is 0 Å². The summed E-state index contributed by atoms with van der Waals surface area (Å²) in [6.45, 7) is 4.55. The molecule has 0 atom stereocenters. The summed E-state index contributed by atoms with van der Waals surface area (Å²) in [5.41, 5.74) is 11.4. The SMILES string of the molecule is CC1(C)c2ccccc2-c2c1ccc1c2Oc2c(cccc2-c2cccc(-c3nc(-c4ccccc4)cc(-c4cccc5ccccc45)n3)c2)O1. The lowest BCUT2D eigenvalue weighted by molar-refractivity contribution is 0.361. The van der Waals surface area contributed by atoms with Crippen molar-refractivity contribution in [3.05, 3.63) is 169 Å². The molecule has 8 aromatic rings. The van der Waals surface area contributed by atoms with Crippen molar-refractivity contribution in [2.24, 2.45) is 0 Å². The first-order chi connectivity index (χ1) is 25.0. The van der Waals surface area contributed by atoms with Gasteiger partial charge in [0.05, 0.1) is 11.4 Å². The van der Waals surface area contributed by atoms with Crippen molar-refractivity contribution in [3.8, 4) is 79.2 Å². The van der Waals surface area contributed by atoms with Crippen molar-refractivity contribution in [1.82, 2.24) is 9.97 Å². The molecule has 10 rings (SSSR count). The van der Waals surface area contributed by atoms with Crippen LogP contribution in [0.4, 0.5) is 0 Å². The highest BCUT2D eigenvalue weighted by molar-refractivity contribution is 5.96. The molecule has 1 aliphatic heterocycles. The van der Waals surface area contributed by atoms with E-state index in [2.05, 4.69) is 135 Å². The van der Waals surface area contributed by atoms with Crippen LogP contribution >= 0.6 is 0 Å². The predicted octanol–water partition coefficient (Wildman–Crippen LogP) is 12.5. The molecule has 51 heavy (non-hydrogen) atoms. The molecule has 4 heteroatoms. The molecular weight excluding hydrogens is 625 g/mol. The Kier molecular flexibility index (Phi) is 6.49. The van der Waals surface area contributed by atoms with Crippen LogP contribution in [0.25, 0.3) is 66.9 Å². The van der Waals surface area contributed by atoms with Gasteiger partial charge in [-0.15, -0.1) is 0 Å². The van der Waals surface area contributed by atoms with Gasteiger partial charge >= 0.3 is 0 Å². The lowest BCUT2D eigenvalue weighted by Crippen LogP contribution is -2.15. The third-order valence-corrected chi connectivity index (χ3v) is 10.4. The Morgan fingerprint density at radius 2 is 1.12 bits per heavy atom. The Hall–Kier alpha value is -6.52. The van der Waals surface area contributed by atoms with Crippen LogP contribution in [0.3, 0.4) is 0 Å². The monoisotopic (exact) mass is 656 g/mol. The molecule has 0 amide bonds. The number of rotatable bonds is 4. The molecule has 0 fully saturated rings. The molecule has 0 N–H and O–H groups in total. The summed E-state index contributed by atoms with van der Waals surface area (Å²) in [5.74, 6) is 3.54. The maximum absolute atomic E-state index is 6.94. The highest BCUT2D eigenvalue weighted by Gasteiger charge is 2.39. The molecule has 7 aromatic carbocycles. The molecule has 0 unspecified atom stereocenters. The first-order valence-corrected chi connectivity index (χ1v) is 17.3. The number of nitrogens with zero attached hydrogens (tertiary/aromatic N) is 2. The van der Waals surface area contributed by atoms with E-state index in [-0.39, 0.29) is 5.41 Å². The third kappa shape index (κ3) is 4.68. The molecular formula is C47H32N2O2. The number of ether oxygens (including phenoxy) is 2. The summed E-state index contributed by atoms with van der Waals surface area (Å²) in [7, 11) is 0. The van der Waals surface area contributed by atoms with Gasteiger partial charge < -0.3 is 9.47 Å². The minimum Gasteiger partial charge on any atom is -0.449 e. The van der Waals surface area contributed by atoms with Crippen LogP contribution in [0.1, 0.15) is 25.0 Å². The Morgan fingerprint density at radius 3 is 2.04 bits per heavy atom. The van der Waals surface area contributed by atoms with Crippen LogP contribution < -0.4 is 9.47 Å². The number of hydrogen-bond acceptors (Lipinski definition) is 4. The van der Waals surface area contributed by atoms with Gasteiger partial charge in [0.15, 0.2) is 28.8 Å². The zero-order valence-electron chi connectivity index (χ0n) is 28.2. The number of benzene rings is 7. The predicted molar refractivity (Wildman–Crippen MR) is 205 cm³/mol. The van der Waals surface area contributed by atoms with Gasteiger partial charge in [-0.05, 0) is 57.3 Å². The van der Waals surface area contributed by atoms with Crippen LogP contribution in [0.15, 0.2) is 158 Å². The molecule has 0 bridgehead atoms. The van der Waals surface area contributed by atoms with Crippen LogP contribution in [-0.4, -0.2) is 9.97 Å². The maximum atomic E-state index is 6.94. The van der Waals surface area contributed by atoms with E-state index >= 15 is 0 Å². The minimum atomic E-state index is -0.141. The largest absolute Gasteiger partial charge is 0.449 e. The quantitative estimate of drug-likeness (QED) is 0.189. The third-order valence-electron chi connectivity index (χ3n) is 10.4. The molecule has 1 aromatic heterocycles. The Labute approximate surface area is 296 Å². The maximum Gasteiger partial charge on any atom is 0.178 e. The smallest absolute Gasteiger partial charge is 0.178 e. The van der Waals surface area contributed by atoms with Crippen molar-refractivity contribution in [3.63, 3.8) is 0 Å². The zero-order chi connectivity index (χ0) is 34.1. The topological polar surface area (TPSA) is 44.2 Å². The van der Waals surface area contributed by atoms with E-state index in [9.17, 15) is 0 Å². The fourth-order valence-electron chi connectivity index (χ4n) is 7.82. The number of aromatic nitrogens is 2. The van der Waals surface area contributed by atoms with E-state index in [1.165, 1.54) is 22.1 Å². The van der Waals surface area contributed by atoms with Gasteiger partial charge in [0.2, 0.25) is 0 Å². The molecule has 4 nitrogen and oxygen atoms in total. The molecule has 0 spiro atoms. The molecule has 0 saturated heterocycles. The standard InChI is InChI=1S/C47H32N2O2/c1-47(2)37-23-9-8-20-36(37)43-38(47)25-26-42-45(43)51-44-34(21-12-24-41(44)50-42)31-17-10-18-32(27-31)46-48-39(30-14-4-3-5-15-30)28-40(49-46)35-22-11-16-29-13-6-7-19-33(29)35/h3-28H,1-2H3. The molecule has 242 valence electrons. The average molecular weight is 657 g/mol. The summed E-state index contributed by atoms with van der Waals surface area (Å²) >= 11 is 0. The van der Waals surface area contributed by atoms with Gasteiger partial charge in [-0.2, -0.15) is 0 Å². The lowest BCUT2D eigenvalue weighted by Gasteiger charge is -2.26. The summed E-state index contributed by atoms with van der Waals surface area (Å²) in [5, 5.41) is 2.33. The lowest BCUT2D eigenvalue weighted by atomic mass is 9.82. The van der Waals surface area contributed by atoms with E-state index in [0.717, 1.165) is 61.7 Å². The Morgan fingerprint density at radius 1 is 0.451 bits per heavy atom. The highest BCUT2D eigenvalue weighted by atomic mass is 16.6. The van der Waals surface area contributed by atoms with Gasteiger partial charge in [-0.1, -0.05) is 147 Å². The zero-order valence-corrected chi connectivity index (χ0v) is 28.2. The van der Waals surface area contributed by atoms with Gasteiger partial charge in [-0.25, -0.2) is 9.97 Å². The molecule has 2 aliphatic rings. The van der Waals surface area contributed by atoms with Crippen molar-refractivity contribution >= 4 is 10.8 Å². The number of fused-ring (bicyclic) bond motifs is 7. The fourth-order valence-corrected chi connectivity index (χ4v) is 7.82. The second-order valence-electron chi connectivity index (χ2n) is 13.8. The normalized spacial score (nSPS) is 13.4. The summed E-state index contributed by atoms with van der Waals surface area (Å²) in [6, 6.07) is 54.6. The number of hydrogen-bond donors (Lipinski definition) is 0. The van der Waals surface area contributed by atoms with Crippen LogP contribution in [0, 0.1) is 0 Å². The molecule has 2 heterocycles. The second kappa shape index (κ2) is 11.3. The summed E-state index contributed by atoms with van der Waals surface area (Å²) in [6.07, 6.45) is 0.